The first-order chi connectivity index (χ1) is 8.69. The fraction of sp³-hybridized carbons (Fsp3) is 0.571. The van der Waals surface area contributed by atoms with Gasteiger partial charge < -0.3 is 0 Å². The average molecular weight is 351 g/mol. The van der Waals surface area contributed by atoms with Gasteiger partial charge in [0.15, 0.2) is 0 Å². The second-order valence-corrected chi connectivity index (χ2v) is 6.66. The van der Waals surface area contributed by atoms with Gasteiger partial charge in [0.2, 0.25) is 0 Å². The van der Waals surface area contributed by atoms with Gasteiger partial charge in [0.1, 0.15) is 0 Å². The molecule has 0 N–H and O–H groups in total. The highest BCUT2D eigenvalue weighted by atomic mass is 79.9. The molecule has 0 saturated carbocycles. The van der Waals surface area contributed by atoms with Gasteiger partial charge in [0.25, 0.3) is 0 Å². The summed E-state index contributed by atoms with van der Waals surface area (Å²) in [4.78, 5) is 2.50. The van der Waals surface area contributed by atoms with E-state index in [0.29, 0.717) is 0 Å². The second-order valence-electron chi connectivity index (χ2n) is 4.96. The van der Waals surface area contributed by atoms with Crippen LogP contribution >= 0.6 is 39.1 Å². The molecule has 1 aliphatic heterocycles. The van der Waals surface area contributed by atoms with Crippen LogP contribution in [0.25, 0.3) is 0 Å². The minimum absolute atomic E-state index is 0.755. The van der Waals surface area contributed by atoms with E-state index in [1.165, 1.54) is 24.9 Å². The lowest BCUT2D eigenvalue weighted by molar-refractivity contribution is 0.165. The van der Waals surface area contributed by atoms with E-state index in [4.69, 9.17) is 23.2 Å². The Hall–Kier alpha value is 0.240. The first-order valence-electron chi connectivity index (χ1n) is 6.41. The van der Waals surface area contributed by atoms with Crippen molar-refractivity contribution < 1.29 is 0 Å². The largest absolute Gasteiger partial charge is 0.299 e. The zero-order chi connectivity index (χ0) is 13.0. The van der Waals surface area contributed by atoms with Crippen molar-refractivity contribution in [1.82, 2.24) is 4.90 Å². The molecule has 4 heteroatoms. The quantitative estimate of drug-likeness (QED) is 0.695. The number of hydrogen-bond acceptors (Lipinski definition) is 1. The third-order valence-corrected chi connectivity index (χ3v) is 4.59. The third-order valence-electron chi connectivity index (χ3n) is 3.53. The van der Waals surface area contributed by atoms with Crippen molar-refractivity contribution in [3.63, 3.8) is 0 Å². The van der Waals surface area contributed by atoms with E-state index in [2.05, 4.69) is 33.0 Å². The van der Waals surface area contributed by atoms with E-state index >= 15 is 0 Å². The number of rotatable bonds is 4. The molecule has 0 aliphatic carbocycles. The van der Waals surface area contributed by atoms with E-state index in [1.54, 1.807) is 0 Å². The SMILES string of the molecule is ClCCC1CCCN(Cc2ccc(Br)cc2Cl)C1. The molecule has 1 aromatic carbocycles. The summed E-state index contributed by atoms with van der Waals surface area (Å²) in [6.45, 7) is 3.27. The second kappa shape index (κ2) is 7.14. The molecule has 0 bridgehead atoms. The Morgan fingerprint density at radius 1 is 1.39 bits per heavy atom. The van der Waals surface area contributed by atoms with E-state index < -0.39 is 0 Å². The van der Waals surface area contributed by atoms with Crippen LogP contribution in [0.2, 0.25) is 5.02 Å². The van der Waals surface area contributed by atoms with Crippen LogP contribution in [0.15, 0.2) is 22.7 Å². The van der Waals surface area contributed by atoms with Gasteiger partial charge in [-0.3, -0.25) is 4.90 Å². The van der Waals surface area contributed by atoms with Crippen molar-refractivity contribution in [1.29, 1.82) is 0 Å². The van der Waals surface area contributed by atoms with Crippen LogP contribution in [0.3, 0.4) is 0 Å². The molecule has 0 radical (unpaired) electrons. The summed E-state index contributed by atoms with van der Waals surface area (Å²) < 4.78 is 1.04. The molecule has 1 aliphatic rings. The molecule has 1 aromatic rings. The Morgan fingerprint density at radius 2 is 2.22 bits per heavy atom. The van der Waals surface area contributed by atoms with E-state index in [1.807, 2.05) is 6.07 Å². The van der Waals surface area contributed by atoms with Crippen molar-refractivity contribution in [3.8, 4) is 0 Å². The topological polar surface area (TPSA) is 3.24 Å². The fourth-order valence-corrected chi connectivity index (χ4v) is 3.62. The van der Waals surface area contributed by atoms with Gasteiger partial charge in [-0.05, 0) is 49.4 Å². The van der Waals surface area contributed by atoms with Gasteiger partial charge in [-0.25, -0.2) is 0 Å². The molecule has 0 aromatic heterocycles. The molecule has 1 heterocycles. The molecule has 100 valence electrons. The molecule has 0 amide bonds. The van der Waals surface area contributed by atoms with Crippen LogP contribution in [0.1, 0.15) is 24.8 Å². The van der Waals surface area contributed by atoms with Gasteiger partial charge in [-0.2, -0.15) is 0 Å². The summed E-state index contributed by atoms with van der Waals surface area (Å²) in [6, 6.07) is 6.13. The normalized spacial score (nSPS) is 21.2. The number of piperidine rings is 1. The Balaban J connectivity index is 1.96. The fourth-order valence-electron chi connectivity index (χ4n) is 2.58. The molecule has 1 nitrogen and oxygen atoms in total. The van der Waals surface area contributed by atoms with Crippen LogP contribution in [0.4, 0.5) is 0 Å². The molecular weight excluding hydrogens is 333 g/mol. The number of likely N-dealkylation sites (tertiary alicyclic amines) is 1. The Bertz CT molecular complexity index is 395. The summed E-state index contributed by atoms with van der Waals surface area (Å²) in [5.74, 6) is 1.53. The summed E-state index contributed by atoms with van der Waals surface area (Å²) in [6.07, 6.45) is 3.72. The van der Waals surface area contributed by atoms with Gasteiger partial charge in [0.05, 0.1) is 0 Å². The predicted molar refractivity (Wildman–Crippen MR) is 82.5 cm³/mol. The Morgan fingerprint density at radius 3 is 2.94 bits per heavy atom. The lowest BCUT2D eigenvalue weighted by Gasteiger charge is -2.32. The Kier molecular flexibility index (Phi) is 5.81. The van der Waals surface area contributed by atoms with E-state index in [0.717, 1.165) is 40.8 Å². The van der Waals surface area contributed by atoms with Crippen molar-refractivity contribution in [2.24, 2.45) is 5.92 Å². The summed E-state index contributed by atoms with van der Waals surface area (Å²) in [7, 11) is 0. The molecular formula is C14H18BrCl2N. The van der Waals surface area contributed by atoms with Crippen LogP contribution < -0.4 is 0 Å². The number of alkyl halides is 1. The van der Waals surface area contributed by atoms with Crippen molar-refractivity contribution in [2.75, 3.05) is 19.0 Å². The highest BCUT2D eigenvalue weighted by molar-refractivity contribution is 9.10. The maximum atomic E-state index is 6.27. The number of benzene rings is 1. The Labute approximate surface area is 128 Å². The van der Waals surface area contributed by atoms with Crippen molar-refractivity contribution in [2.45, 2.75) is 25.8 Å². The number of halogens is 3. The van der Waals surface area contributed by atoms with E-state index in [-0.39, 0.29) is 0 Å². The van der Waals surface area contributed by atoms with Crippen molar-refractivity contribution >= 4 is 39.1 Å². The summed E-state index contributed by atoms with van der Waals surface area (Å²) >= 11 is 15.5. The number of nitrogens with zero attached hydrogens (tertiary/aromatic N) is 1. The molecule has 1 fully saturated rings. The van der Waals surface area contributed by atoms with Gasteiger partial charge in [0, 0.05) is 28.5 Å². The van der Waals surface area contributed by atoms with Gasteiger partial charge in [-0.15, -0.1) is 11.6 Å². The molecule has 2 rings (SSSR count). The van der Waals surface area contributed by atoms with Crippen LogP contribution in [0.5, 0.6) is 0 Å². The van der Waals surface area contributed by atoms with Crippen LogP contribution in [-0.2, 0) is 6.54 Å². The number of hydrogen-bond donors (Lipinski definition) is 0. The smallest absolute Gasteiger partial charge is 0.0462 e. The van der Waals surface area contributed by atoms with Crippen molar-refractivity contribution in [3.05, 3.63) is 33.3 Å². The standard InChI is InChI=1S/C14H18BrCl2N/c15-13-4-3-12(14(17)8-13)10-18-7-1-2-11(9-18)5-6-16/h3-4,8,11H,1-2,5-7,9-10H2. The first kappa shape index (κ1) is 14.6. The maximum absolute atomic E-state index is 6.27. The minimum atomic E-state index is 0.755. The molecule has 1 atom stereocenters. The third kappa shape index (κ3) is 4.12. The summed E-state index contributed by atoms with van der Waals surface area (Å²) in [5.41, 5.74) is 1.21. The highest BCUT2D eigenvalue weighted by Crippen LogP contribution is 2.26. The first-order valence-corrected chi connectivity index (χ1v) is 8.12. The highest BCUT2D eigenvalue weighted by Gasteiger charge is 2.19. The van der Waals surface area contributed by atoms with E-state index in [9.17, 15) is 0 Å². The minimum Gasteiger partial charge on any atom is -0.299 e. The van der Waals surface area contributed by atoms with Gasteiger partial charge in [-0.1, -0.05) is 33.6 Å². The molecule has 1 unspecified atom stereocenters. The summed E-state index contributed by atoms with van der Waals surface area (Å²) in [5, 5.41) is 0.851. The maximum Gasteiger partial charge on any atom is 0.0462 e. The van der Waals surface area contributed by atoms with Gasteiger partial charge >= 0.3 is 0 Å². The lowest BCUT2D eigenvalue weighted by atomic mass is 9.95. The average Bonchev–Trinajstić information content (AvgIpc) is 2.34. The zero-order valence-electron chi connectivity index (χ0n) is 10.3. The van der Waals surface area contributed by atoms with Crippen LogP contribution in [-0.4, -0.2) is 23.9 Å². The molecule has 18 heavy (non-hydrogen) atoms. The predicted octanol–water partition coefficient (Wildman–Crippen LogP) is 4.94. The van der Waals surface area contributed by atoms with Crippen LogP contribution in [0, 0.1) is 5.92 Å². The molecule has 1 saturated heterocycles. The molecule has 0 spiro atoms. The zero-order valence-corrected chi connectivity index (χ0v) is 13.4. The lowest BCUT2D eigenvalue weighted by Crippen LogP contribution is -2.35. The monoisotopic (exact) mass is 349 g/mol.